The molecule has 0 aromatic carbocycles. The zero-order valence-electron chi connectivity index (χ0n) is 6.38. The van der Waals surface area contributed by atoms with Gasteiger partial charge in [-0.1, -0.05) is 11.6 Å². The molecule has 0 saturated carbocycles. The van der Waals surface area contributed by atoms with Crippen LogP contribution in [0.3, 0.4) is 0 Å². The number of hydrogen-bond donors (Lipinski definition) is 0. The molecule has 66 valence electrons. The minimum atomic E-state index is -0.459. The van der Waals surface area contributed by atoms with E-state index in [9.17, 15) is 4.79 Å². The zero-order valence-corrected chi connectivity index (χ0v) is 8.71. The number of carbonyl (C=O) groups is 1. The first-order valence-electron chi connectivity index (χ1n) is 3.24. The van der Waals surface area contributed by atoms with E-state index in [2.05, 4.69) is 0 Å². The Bertz CT molecular complexity index is 287. The lowest BCUT2D eigenvalue weighted by Gasteiger charge is -2.10. The largest absolute Gasteiger partial charge is 0.327 e. The van der Waals surface area contributed by atoms with Gasteiger partial charge in [-0.3, -0.25) is 4.79 Å². The second-order valence-corrected chi connectivity index (χ2v) is 4.44. The molecule has 0 aliphatic rings. The van der Waals surface area contributed by atoms with Gasteiger partial charge in [0.25, 0.3) is 0 Å². The lowest BCUT2D eigenvalue weighted by atomic mass is 10.4. The number of thiophene rings is 1. The van der Waals surface area contributed by atoms with Crippen LogP contribution in [-0.4, -0.2) is 17.3 Å². The maximum Gasteiger partial charge on any atom is 0.316 e. The maximum atomic E-state index is 10.6. The van der Waals surface area contributed by atoms with E-state index in [0.717, 1.165) is 9.21 Å². The van der Waals surface area contributed by atoms with E-state index in [-0.39, 0.29) is 0 Å². The summed E-state index contributed by atoms with van der Waals surface area (Å²) in [5, 5.41) is -0.459. The van der Waals surface area contributed by atoms with Crippen molar-refractivity contribution in [3.05, 3.63) is 21.3 Å². The van der Waals surface area contributed by atoms with Crippen LogP contribution in [0.5, 0.6) is 0 Å². The van der Waals surface area contributed by atoms with E-state index in [1.807, 2.05) is 6.07 Å². The van der Waals surface area contributed by atoms with Crippen molar-refractivity contribution in [1.29, 1.82) is 0 Å². The van der Waals surface area contributed by atoms with E-state index >= 15 is 0 Å². The highest BCUT2D eigenvalue weighted by Crippen LogP contribution is 2.22. The Morgan fingerprint density at radius 1 is 1.67 bits per heavy atom. The number of halogens is 2. The van der Waals surface area contributed by atoms with Gasteiger partial charge < -0.3 is 4.90 Å². The highest BCUT2D eigenvalue weighted by Gasteiger charge is 2.06. The highest BCUT2D eigenvalue weighted by molar-refractivity contribution is 7.16. The normalized spacial score (nSPS) is 9.92. The number of rotatable bonds is 2. The maximum absolute atomic E-state index is 10.6. The molecule has 0 aliphatic carbocycles. The van der Waals surface area contributed by atoms with Crippen LogP contribution < -0.4 is 0 Å². The van der Waals surface area contributed by atoms with Crippen LogP contribution in [0.4, 0.5) is 4.79 Å². The summed E-state index contributed by atoms with van der Waals surface area (Å²) in [5.74, 6) is 0. The van der Waals surface area contributed by atoms with Crippen molar-refractivity contribution in [3.63, 3.8) is 0 Å². The topological polar surface area (TPSA) is 20.3 Å². The van der Waals surface area contributed by atoms with Gasteiger partial charge in [0, 0.05) is 11.9 Å². The molecule has 0 bridgehead atoms. The first kappa shape index (κ1) is 9.84. The third-order valence-electron chi connectivity index (χ3n) is 1.32. The second kappa shape index (κ2) is 4.12. The van der Waals surface area contributed by atoms with Crippen molar-refractivity contribution in [2.45, 2.75) is 6.54 Å². The Morgan fingerprint density at radius 2 is 2.33 bits per heavy atom. The third kappa shape index (κ3) is 2.66. The molecular weight excluding hydrogens is 217 g/mol. The second-order valence-electron chi connectivity index (χ2n) is 2.31. The van der Waals surface area contributed by atoms with Gasteiger partial charge in [0.15, 0.2) is 0 Å². The van der Waals surface area contributed by atoms with Gasteiger partial charge in [0.05, 0.1) is 10.9 Å². The molecule has 2 nitrogen and oxygen atoms in total. The van der Waals surface area contributed by atoms with Crippen molar-refractivity contribution in [2.24, 2.45) is 0 Å². The van der Waals surface area contributed by atoms with Crippen LogP contribution in [-0.2, 0) is 6.54 Å². The molecule has 0 N–H and O–H groups in total. The molecule has 1 amide bonds. The van der Waals surface area contributed by atoms with E-state index in [4.69, 9.17) is 23.2 Å². The Labute approximate surface area is 84.7 Å². The molecule has 1 aromatic rings. The molecular formula is C7H7Cl2NOS. The Hall–Kier alpha value is -0.250. The van der Waals surface area contributed by atoms with Crippen LogP contribution in [0, 0.1) is 0 Å². The molecule has 1 aromatic heterocycles. The predicted octanol–water partition coefficient (Wildman–Crippen LogP) is 3.19. The number of amides is 1. The summed E-state index contributed by atoms with van der Waals surface area (Å²) in [7, 11) is 1.64. The molecule has 12 heavy (non-hydrogen) atoms. The Kier molecular flexibility index (Phi) is 3.38. The molecule has 0 radical (unpaired) electrons. The van der Waals surface area contributed by atoms with Crippen LogP contribution in [0.15, 0.2) is 12.1 Å². The van der Waals surface area contributed by atoms with E-state index in [0.29, 0.717) is 6.54 Å². The lowest BCUT2D eigenvalue weighted by molar-refractivity contribution is 0.231. The van der Waals surface area contributed by atoms with Gasteiger partial charge in [0.1, 0.15) is 0 Å². The van der Waals surface area contributed by atoms with Gasteiger partial charge >= 0.3 is 5.37 Å². The first-order chi connectivity index (χ1) is 5.59. The monoisotopic (exact) mass is 223 g/mol. The minimum Gasteiger partial charge on any atom is -0.327 e. The standard InChI is InChI=1S/C7H7Cl2NOS/c1-10(7(9)11)4-5-2-3-6(8)12-5/h2-3H,4H2,1H3. The van der Waals surface area contributed by atoms with Gasteiger partial charge in [-0.05, 0) is 23.7 Å². The molecule has 1 rings (SSSR count). The average molecular weight is 224 g/mol. The lowest BCUT2D eigenvalue weighted by Crippen LogP contribution is -2.19. The summed E-state index contributed by atoms with van der Waals surface area (Å²) < 4.78 is 0.723. The fraction of sp³-hybridized carbons (Fsp3) is 0.286. The predicted molar refractivity (Wildman–Crippen MR) is 52.0 cm³/mol. The summed E-state index contributed by atoms with van der Waals surface area (Å²) in [4.78, 5) is 13.1. The average Bonchev–Trinajstić information content (AvgIpc) is 2.35. The van der Waals surface area contributed by atoms with Gasteiger partial charge in [-0.2, -0.15) is 0 Å². The summed E-state index contributed by atoms with van der Waals surface area (Å²) in [6, 6.07) is 3.68. The summed E-state index contributed by atoms with van der Waals surface area (Å²) in [5.41, 5.74) is 0. The Morgan fingerprint density at radius 3 is 2.75 bits per heavy atom. The summed E-state index contributed by atoms with van der Waals surface area (Å²) >= 11 is 12.4. The first-order valence-corrected chi connectivity index (χ1v) is 4.81. The zero-order chi connectivity index (χ0) is 9.14. The fourth-order valence-corrected chi connectivity index (χ4v) is 1.93. The molecule has 0 saturated heterocycles. The number of carbonyl (C=O) groups excluding carboxylic acids is 1. The van der Waals surface area contributed by atoms with Gasteiger partial charge in [-0.15, -0.1) is 11.3 Å². The van der Waals surface area contributed by atoms with Crippen LogP contribution >= 0.6 is 34.5 Å². The van der Waals surface area contributed by atoms with Crippen LogP contribution in [0.1, 0.15) is 4.88 Å². The van der Waals surface area contributed by atoms with Crippen molar-refractivity contribution in [3.8, 4) is 0 Å². The molecule has 0 spiro atoms. The molecule has 0 aliphatic heterocycles. The quantitative estimate of drug-likeness (QED) is 0.558. The number of hydrogen-bond acceptors (Lipinski definition) is 2. The van der Waals surface area contributed by atoms with E-state index in [1.165, 1.54) is 16.2 Å². The third-order valence-corrected chi connectivity index (χ3v) is 2.83. The van der Waals surface area contributed by atoms with Crippen molar-refractivity contribution >= 4 is 39.9 Å². The van der Waals surface area contributed by atoms with Crippen molar-refractivity contribution in [1.82, 2.24) is 4.90 Å². The Balaban J connectivity index is 2.58. The van der Waals surface area contributed by atoms with Gasteiger partial charge in [0.2, 0.25) is 0 Å². The molecule has 1 heterocycles. The summed E-state index contributed by atoms with van der Waals surface area (Å²) in [6.07, 6.45) is 0. The number of nitrogens with zero attached hydrogens (tertiary/aromatic N) is 1. The van der Waals surface area contributed by atoms with E-state index < -0.39 is 5.37 Å². The molecule has 0 unspecified atom stereocenters. The minimum absolute atomic E-state index is 0.459. The van der Waals surface area contributed by atoms with Crippen molar-refractivity contribution < 1.29 is 4.79 Å². The van der Waals surface area contributed by atoms with Gasteiger partial charge in [-0.25, -0.2) is 0 Å². The smallest absolute Gasteiger partial charge is 0.316 e. The highest BCUT2D eigenvalue weighted by atomic mass is 35.5. The summed E-state index contributed by atoms with van der Waals surface area (Å²) in [6.45, 7) is 0.514. The molecule has 0 fully saturated rings. The van der Waals surface area contributed by atoms with Crippen LogP contribution in [0.2, 0.25) is 4.34 Å². The fourth-order valence-electron chi connectivity index (χ4n) is 0.733. The van der Waals surface area contributed by atoms with E-state index in [1.54, 1.807) is 13.1 Å². The van der Waals surface area contributed by atoms with Crippen LogP contribution in [0.25, 0.3) is 0 Å². The molecule has 0 atom stereocenters. The molecule has 5 heteroatoms. The van der Waals surface area contributed by atoms with Crippen molar-refractivity contribution in [2.75, 3.05) is 7.05 Å². The SMILES string of the molecule is CN(Cc1ccc(Cl)s1)C(=O)Cl.